The summed E-state index contributed by atoms with van der Waals surface area (Å²) in [4.78, 5) is 29.4. The lowest BCUT2D eigenvalue weighted by Gasteiger charge is -2.13. The maximum absolute atomic E-state index is 12.6. The molecule has 2 amide bonds. The third-order valence-electron chi connectivity index (χ3n) is 7.15. The number of hydrogen-bond acceptors (Lipinski definition) is 6. The molecular weight excluding hydrogens is 576 g/mol. The van der Waals surface area contributed by atoms with Gasteiger partial charge < -0.3 is 14.6 Å². The van der Waals surface area contributed by atoms with Gasteiger partial charge in [-0.15, -0.1) is 0 Å². The first kappa shape index (κ1) is 30.5. The Bertz CT molecular complexity index is 1880. The molecule has 0 fully saturated rings. The first-order chi connectivity index (χ1) is 21.3. The van der Waals surface area contributed by atoms with Crippen LogP contribution in [0.15, 0.2) is 102 Å². The summed E-state index contributed by atoms with van der Waals surface area (Å²) in [6.45, 7) is 4.55. The van der Waals surface area contributed by atoms with E-state index in [4.69, 9.17) is 9.72 Å². The van der Waals surface area contributed by atoms with E-state index in [1.165, 1.54) is 12.1 Å². The van der Waals surface area contributed by atoms with Gasteiger partial charge in [0.05, 0.1) is 15.9 Å². The van der Waals surface area contributed by atoms with Crippen LogP contribution >= 0.6 is 0 Å². The van der Waals surface area contributed by atoms with Crippen molar-refractivity contribution in [3.8, 4) is 16.9 Å². The fourth-order valence-corrected chi connectivity index (χ4v) is 5.75. The molecule has 0 aliphatic heterocycles. The smallest absolute Gasteiger partial charge is 0.409 e. The minimum absolute atomic E-state index is 0.0359. The van der Waals surface area contributed by atoms with Gasteiger partial charge in [-0.3, -0.25) is 4.79 Å². The van der Waals surface area contributed by atoms with E-state index >= 15 is 0 Å². The van der Waals surface area contributed by atoms with Crippen LogP contribution < -0.4 is 14.8 Å². The number of benzene rings is 4. The van der Waals surface area contributed by atoms with Crippen LogP contribution in [0.25, 0.3) is 22.2 Å². The van der Waals surface area contributed by atoms with Crippen molar-refractivity contribution in [2.24, 2.45) is 0 Å². The maximum Gasteiger partial charge on any atom is 0.426 e. The monoisotopic (exact) mass is 610 g/mol. The highest BCUT2D eigenvalue weighted by atomic mass is 32.2. The molecule has 2 N–H and O–H groups in total. The molecule has 5 rings (SSSR count). The van der Waals surface area contributed by atoms with E-state index in [0.29, 0.717) is 18.5 Å². The van der Waals surface area contributed by atoms with Crippen molar-refractivity contribution in [1.29, 1.82) is 0 Å². The van der Waals surface area contributed by atoms with Crippen molar-refractivity contribution in [3.63, 3.8) is 0 Å². The second kappa shape index (κ2) is 13.6. The Morgan fingerprint density at radius 2 is 1.61 bits per heavy atom. The standard InChI is InChI=1S/C34H34N4O5S/c1-3-5-15-32-36-29-21-20-26(35-33(39)4-2)22-30(29)38(32)23-24-16-18-25(19-17-24)28-13-9-10-14-31(28)43-34(40)37-44(41,42)27-11-7-6-8-12-27/h6-14,16-22H,3-5,15,23H2,1-2H3,(H,35,39)(H,37,40). The first-order valence-electron chi connectivity index (χ1n) is 14.5. The Kier molecular flexibility index (Phi) is 9.40. The number of aromatic nitrogens is 2. The summed E-state index contributed by atoms with van der Waals surface area (Å²) < 4.78 is 34.7. The lowest BCUT2D eigenvalue weighted by Crippen LogP contribution is -2.33. The number of sulfonamides is 1. The maximum atomic E-state index is 12.6. The molecule has 1 heterocycles. The minimum atomic E-state index is -4.08. The number of carbonyl (C=O) groups is 2. The summed E-state index contributed by atoms with van der Waals surface area (Å²) in [7, 11) is -4.08. The predicted molar refractivity (Wildman–Crippen MR) is 171 cm³/mol. The Morgan fingerprint density at radius 3 is 2.34 bits per heavy atom. The highest BCUT2D eigenvalue weighted by Crippen LogP contribution is 2.31. The molecule has 0 atom stereocenters. The highest BCUT2D eigenvalue weighted by Gasteiger charge is 2.20. The Labute approximate surface area is 257 Å². The van der Waals surface area contributed by atoms with E-state index in [2.05, 4.69) is 16.8 Å². The van der Waals surface area contributed by atoms with Crippen LogP contribution in [0, 0.1) is 0 Å². The fourth-order valence-electron chi connectivity index (χ4n) is 4.86. The molecule has 0 aliphatic rings. The average molecular weight is 611 g/mol. The van der Waals surface area contributed by atoms with Gasteiger partial charge >= 0.3 is 6.09 Å². The third kappa shape index (κ3) is 7.15. The molecule has 0 bridgehead atoms. The Morgan fingerprint density at radius 1 is 0.886 bits per heavy atom. The molecule has 0 saturated heterocycles. The summed E-state index contributed by atoms with van der Waals surface area (Å²) in [6.07, 6.45) is 2.20. The Hall–Kier alpha value is -4.96. The number of para-hydroxylation sites is 1. The van der Waals surface area contributed by atoms with Crippen LogP contribution in [0.3, 0.4) is 0 Å². The molecule has 0 saturated carbocycles. The fraction of sp³-hybridized carbons (Fsp3) is 0.206. The van der Waals surface area contributed by atoms with Crippen LogP contribution in [-0.4, -0.2) is 30.0 Å². The number of carbonyl (C=O) groups excluding carboxylic acids is 2. The molecule has 4 aromatic carbocycles. The van der Waals surface area contributed by atoms with E-state index in [-0.39, 0.29) is 16.6 Å². The van der Waals surface area contributed by atoms with Crippen LogP contribution in [0.2, 0.25) is 0 Å². The van der Waals surface area contributed by atoms with Gasteiger partial charge in [-0.1, -0.05) is 80.9 Å². The van der Waals surface area contributed by atoms with Crippen molar-refractivity contribution in [3.05, 3.63) is 108 Å². The second-order valence-corrected chi connectivity index (χ2v) is 12.0. The SMILES string of the molecule is CCCCc1nc2ccc(NC(=O)CC)cc2n1Cc1ccc(-c2ccccc2OC(=O)NS(=O)(=O)c2ccccc2)cc1. The van der Waals surface area contributed by atoms with E-state index in [1.807, 2.05) is 66.2 Å². The molecule has 10 heteroatoms. The van der Waals surface area contributed by atoms with Gasteiger partial charge in [0.1, 0.15) is 11.6 Å². The largest absolute Gasteiger partial charge is 0.426 e. The summed E-state index contributed by atoms with van der Waals surface area (Å²) >= 11 is 0. The van der Waals surface area contributed by atoms with Gasteiger partial charge in [-0.25, -0.2) is 22.9 Å². The predicted octanol–water partition coefficient (Wildman–Crippen LogP) is 6.92. The number of unbranched alkanes of at least 4 members (excludes halogenated alkanes) is 1. The summed E-state index contributed by atoms with van der Waals surface area (Å²) in [5, 5.41) is 2.94. The van der Waals surface area contributed by atoms with Crippen LogP contribution in [0.4, 0.5) is 10.5 Å². The average Bonchev–Trinajstić information content (AvgIpc) is 3.36. The zero-order valence-corrected chi connectivity index (χ0v) is 25.4. The zero-order valence-electron chi connectivity index (χ0n) is 24.6. The molecule has 44 heavy (non-hydrogen) atoms. The molecule has 0 unspecified atom stereocenters. The normalized spacial score (nSPS) is 11.3. The number of amides is 2. The molecule has 9 nitrogen and oxygen atoms in total. The van der Waals surface area contributed by atoms with E-state index in [1.54, 1.807) is 30.3 Å². The number of hydrogen-bond donors (Lipinski definition) is 2. The van der Waals surface area contributed by atoms with Crippen molar-refractivity contribution < 1.29 is 22.7 Å². The minimum Gasteiger partial charge on any atom is -0.409 e. The molecule has 0 radical (unpaired) electrons. The topological polar surface area (TPSA) is 119 Å². The summed E-state index contributed by atoms with van der Waals surface area (Å²) in [5.41, 5.74) is 5.04. The van der Waals surface area contributed by atoms with Crippen molar-refractivity contribution in [2.75, 3.05) is 5.32 Å². The van der Waals surface area contributed by atoms with Crippen LogP contribution in [0.5, 0.6) is 5.75 Å². The van der Waals surface area contributed by atoms with Crippen molar-refractivity contribution in [2.45, 2.75) is 51.0 Å². The van der Waals surface area contributed by atoms with Gasteiger partial charge in [-0.2, -0.15) is 0 Å². The second-order valence-electron chi connectivity index (χ2n) is 10.3. The number of ether oxygens (including phenoxy) is 1. The van der Waals surface area contributed by atoms with E-state index in [0.717, 1.165) is 52.9 Å². The number of fused-ring (bicyclic) bond motifs is 1. The van der Waals surface area contributed by atoms with Gasteiger partial charge in [0.25, 0.3) is 10.0 Å². The van der Waals surface area contributed by atoms with Gasteiger partial charge in [0, 0.05) is 30.6 Å². The lowest BCUT2D eigenvalue weighted by molar-refractivity contribution is -0.115. The number of nitrogens with zero attached hydrogens (tertiary/aromatic N) is 2. The highest BCUT2D eigenvalue weighted by molar-refractivity contribution is 7.90. The molecule has 0 spiro atoms. The molecule has 1 aromatic heterocycles. The van der Waals surface area contributed by atoms with E-state index in [9.17, 15) is 18.0 Å². The number of imidazole rings is 1. The summed E-state index contributed by atoms with van der Waals surface area (Å²) in [6, 6.07) is 28.3. The summed E-state index contributed by atoms with van der Waals surface area (Å²) in [5.74, 6) is 1.17. The molecule has 226 valence electrons. The zero-order chi connectivity index (χ0) is 31.1. The van der Waals surface area contributed by atoms with Crippen molar-refractivity contribution in [1.82, 2.24) is 14.3 Å². The van der Waals surface area contributed by atoms with Crippen LogP contribution in [-0.2, 0) is 27.8 Å². The van der Waals surface area contributed by atoms with Gasteiger partial charge in [-0.05, 0) is 53.9 Å². The molecular formula is C34H34N4O5S. The number of rotatable bonds is 11. The molecule has 0 aliphatic carbocycles. The van der Waals surface area contributed by atoms with Gasteiger partial charge in [0.15, 0.2) is 0 Å². The van der Waals surface area contributed by atoms with Crippen LogP contribution in [0.1, 0.15) is 44.5 Å². The molecule has 5 aromatic rings. The number of anilines is 1. The lowest BCUT2D eigenvalue weighted by atomic mass is 10.0. The first-order valence-corrected chi connectivity index (χ1v) is 16.0. The van der Waals surface area contributed by atoms with Gasteiger partial charge in [0.2, 0.25) is 5.91 Å². The third-order valence-corrected chi connectivity index (χ3v) is 8.48. The van der Waals surface area contributed by atoms with E-state index < -0.39 is 16.1 Å². The number of aryl methyl sites for hydroxylation is 1. The van der Waals surface area contributed by atoms with Crippen molar-refractivity contribution >= 4 is 38.7 Å². The number of nitrogens with one attached hydrogen (secondary N) is 2. The quantitative estimate of drug-likeness (QED) is 0.168. The Balaban J connectivity index is 1.37.